The third-order valence-electron chi connectivity index (χ3n) is 6.08. The van der Waals surface area contributed by atoms with Gasteiger partial charge in [-0.15, -0.1) is 0 Å². The molecule has 3 amide bonds. The van der Waals surface area contributed by atoms with Gasteiger partial charge in [0.05, 0.1) is 22.8 Å². The van der Waals surface area contributed by atoms with Crippen LogP contribution in [-0.4, -0.2) is 77.6 Å². The van der Waals surface area contributed by atoms with Gasteiger partial charge >= 0.3 is 6.03 Å². The second-order valence-corrected chi connectivity index (χ2v) is 9.86. The minimum absolute atomic E-state index is 0.171. The largest absolute Gasteiger partial charge is 0.332 e. The molecule has 2 aromatic rings. The number of amides is 3. The van der Waals surface area contributed by atoms with Crippen LogP contribution in [-0.2, 0) is 15.0 Å². The van der Waals surface area contributed by atoms with Crippen LogP contribution in [0.4, 0.5) is 10.5 Å². The van der Waals surface area contributed by atoms with Crippen molar-refractivity contribution in [1.29, 1.82) is 5.26 Å². The molecule has 3 unspecified atom stereocenters. The maximum atomic E-state index is 13.4. The number of carbonyl (C=O) groups is 2. The maximum absolute atomic E-state index is 13.4. The number of benzene rings is 1. The van der Waals surface area contributed by atoms with Crippen LogP contribution in [0.25, 0.3) is 10.9 Å². The molecule has 0 N–H and O–H groups in total. The number of piperazine rings is 1. The zero-order valence-electron chi connectivity index (χ0n) is 16.3. The lowest BCUT2D eigenvalue weighted by atomic mass is 10.1. The smallest absolute Gasteiger partial charge is 0.306 e. The van der Waals surface area contributed by atoms with Gasteiger partial charge in [0.15, 0.2) is 0 Å². The zero-order chi connectivity index (χ0) is 21.4. The summed E-state index contributed by atoms with van der Waals surface area (Å²) in [6, 6.07) is 6.29. The van der Waals surface area contributed by atoms with Crippen molar-refractivity contribution in [1.82, 2.24) is 18.5 Å². The molecule has 3 aliphatic rings. The highest BCUT2D eigenvalue weighted by atomic mass is 32.2. The van der Waals surface area contributed by atoms with Gasteiger partial charge in [-0.2, -0.15) is 22.3 Å². The number of fused-ring (bicyclic) bond motifs is 6. The highest BCUT2D eigenvalue weighted by Crippen LogP contribution is 2.44. The molecule has 0 saturated carbocycles. The van der Waals surface area contributed by atoms with Crippen molar-refractivity contribution in [2.24, 2.45) is 0 Å². The summed E-state index contributed by atoms with van der Waals surface area (Å²) >= 11 is 0. The number of hydrogen-bond acceptors (Lipinski definition) is 6. The van der Waals surface area contributed by atoms with Crippen molar-refractivity contribution >= 4 is 38.7 Å². The van der Waals surface area contributed by atoms with E-state index in [9.17, 15) is 23.3 Å². The first kappa shape index (κ1) is 18.9. The Morgan fingerprint density at radius 1 is 1.23 bits per heavy atom. The van der Waals surface area contributed by atoms with Crippen molar-refractivity contribution < 1.29 is 18.0 Å². The van der Waals surface area contributed by atoms with E-state index in [0.29, 0.717) is 28.6 Å². The second kappa shape index (κ2) is 6.21. The summed E-state index contributed by atoms with van der Waals surface area (Å²) in [7, 11) is -0.806. The minimum Gasteiger partial charge on any atom is -0.306 e. The Kier molecular flexibility index (Phi) is 3.92. The molecule has 30 heavy (non-hydrogen) atoms. The monoisotopic (exact) mass is 426 g/mol. The van der Waals surface area contributed by atoms with Crippen molar-refractivity contribution in [3.63, 3.8) is 0 Å². The molecule has 0 aliphatic carbocycles. The number of pyridine rings is 1. The Hall–Kier alpha value is -3.07. The van der Waals surface area contributed by atoms with Gasteiger partial charge in [0, 0.05) is 38.3 Å². The maximum Gasteiger partial charge on any atom is 0.332 e. The summed E-state index contributed by atoms with van der Waals surface area (Å²) in [5.74, 6) is -0.457. The molecular weight excluding hydrogens is 408 g/mol. The van der Waals surface area contributed by atoms with E-state index < -0.39 is 34.2 Å². The molecule has 3 aliphatic heterocycles. The summed E-state index contributed by atoms with van der Waals surface area (Å²) < 4.78 is 27.8. The highest BCUT2D eigenvalue weighted by molar-refractivity contribution is 7.86. The van der Waals surface area contributed by atoms with Crippen LogP contribution in [0.1, 0.15) is 12.0 Å². The molecule has 1 aromatic heterocycles. The fourth-order valence-electron chi connectivity index (χ4n) is 4.75. The van der Waals surface area contributed by atoms with Gasteiger partial charge < -0.3 is 4.90 Å². The lowest BCUT2D eigenvalue weighted by Gasteiger charge is -2.35. The third-order valence-corrected chi connectivity index (χ3v) is 8.02. The Bertz CT molecular complexity index is 1250. The standard InChI is InChI=1S/C19H18N6O4S/c1-22(2)30(28,29)23-10-12-8-15(23)17-18(26)25(19(27)24(12)17)14-6-5-11(9-20)16-13(14)4-3-7-21-16/h3-7,12,15,17H,8,10H2,1-2H3. The van der Waals surface area contributed by atoms with Crippen molar-refractivity contribution in [2.45, 2.75) is 24.5 Å². The van der Waals surface area contributed by atoms with Crippen molar-refractivity contribution in [3.8, 4) is 6.07 Å². The summed E-state index contributed by atoms with van der Waals surface area (Å²) in [5.41, 5.74) is 1.10. The number of nitriles is 1. The fraction of sp³-hybridized carbons (Fsp3) is 0.368. The van der Waals surface area contributed by atoms with Crippen LogP contribution in [0.2, 0.25) is 0 Å². The SMILES string of the molecule is CN(C)S(=O)(=O)N1CC2CC1C1C(=O)N(c3ccc(C#N)c4ncccc34)C(=O)N21. The number of urea groups is 1. The number of imide groups is 1. The number of anilines is 1. The normalized spacial score (nSPS) is 26.1. The average molecular weight is 426 g/mol. The number of aromatic nitrogens is 1. The van der Waals surface area contributed by atoms with Crippen molar-refractivity contribution in [3.05, 3.63) is 36.0 Å². The van der Waals surface area contributed by atoms with Gasteiger partial charge in [-0.25, -0.2) is 9.69 Å². The van der Waals surface area contributed by atoms with E-state index in [1.54, 1.807) is 24.4 Å². The summed E-state index contributed by atoms with van der Waals surface area (Å²) in [5, 5.41) is 9.86. The number of rotatable bonds is 3. The number of hydrogen-bond donors (Lipinski definition) is 0. The first-order chi connectivity index (χ1) is 14.3. The topological polar surface area (TPSA) is 118 Å². The number of nitrogens with zero attached hydrogens (tertiary/aromatic N) is 6. The molecule has 3 fully saturated rings. The predicted octanol–water partition coefficient (Wildman–Crippen LogP) is 0.507. The second-order valence-electron chi connectivity index (χ2n) is 7.77. The minimum atomic E-state index is -3.70. The van der Waals surface area contributed by atoms with Crippen LogP contribution in [0, 0.1) is 11.3 Å². The fourth-order valence-corrected chi connectivity index (χ4v) is 6.08. The number of carbonyl (C=O) groups excluding carboxylic acids is 2. The molecular formula is C19H18N6O4S. The molecule has 2 bridgehead atoms. The Morgan fingerprint density at radius 3 is 2.70 bits per heavy atom. The van der Waals surface area contributed by atoms with E-state index in [1.165, 1.54) is 29.4 Å². The Morgan fingerprint density at radius 2 is 2.00 bits per heavy atom. The van der Waals surface area contributed by atoms with Crippen LogP contribution >= 0.6 is 0 Å². The first-order valence-corrected chi connectivity index (χ1v) is 10.8. The van der Waals surface area contributed by atoms with Gasteiger partial charge in [-0.3, -0.25) is 9.78 Å². The zero-order valence-corrected chi connectivity index (χ0v) is 17.1. The summed E-state index contributed by atoms with van der Waals surface area (Å²) in [4.78, 5) is 33.5. The molecule has 0 spiro atoms. The molecule has 3 saturated heterocycles. The molecule has 5 rings (SSSR count). The van der Waals surface area contributed by atoms with Crippen LogP contribution in [0.3, 0.4) is 0 Å². The Labute approximate surface area is 173 Å². The average Bonchev–Trinajstić information content (AvgIpc) is 3.39. The van der Waals surface area contributed by atoms with Crippen LogP contribution in [0.15, 0.2) is 30.5 Å². The van der Waals surface area contributed by atoms with Gasteiger partial charge in [0.25, 0.3) is 16.1 Å². The summed E-state index contributed by atoms with van der Waals surface area (Å²) in [6.45, 7) is 0.171. The van der Waals surface area contributed by atoms with Gasteiger partial charge in [-0.1, -0.05) is 0 Å². The van der Waals surface area contributed by atoms with Crippen molar-refractivity contribution in [2.75, 3.05) is 25.5 Å². The summed E-state index contributed by atoms with van der Waals surface area (Å²) in [6.07, 6.45) is 1.99. The molecule has 0 radical (unpaired) electrons. The van der Waals surface area contributed by atoms with E-state index in [1.807, 2.05) is 0 Å². The van der Waals surface area contributed by atoms with E-state index in [4.69, 9.17) is 0 Å². The van der Waals surface area contributed by atoms with E-state index in [2.05, 4.69) is 11.1 Å². The van der Waals surface area contributed by atoms with Crippen LogP contribution < -0.4 is 4.90 Å². The molecule has 154 valence electrons. The lowest BCUT2D eigenvalue weighted by molar-refractivity contribution is -0.120. The van der Waals surface area contributed by atoms with Crippen LogP contribution in [0.5, 0.6) is 0 Å². The van der Waals surface area contributed by atoms with Gasteiger partial charge in [0.2, 0.25) is 0 Å². The molecule has 3 atom stereocenters. The lowest BCUT2D eigenvalue weighted by Crippen LogP contribution is -2.56. The molecule has 1 aromatic carbocycles. The van der Waals surface area contributed by atoms with Gasteiger partial charge in [-0.05, 0) is 30.7 Å². The molecule has 10 nitrogen and oxygen atoms in total. The van der Waals surface area contributed by atoms with E-state index in [0.717, 1.165) is 9.21 Å². The predicted molar refractivity (Wildman–Crippen MR) is 106 cm³/mol. The van der Waals surface area contributed by atoms with E-state index in [-0.39, 0.29) is 12.6 Å². The molecule has 11 heteroatoms. The third kappa shape index (κ3) is 2.29. The highest BCUT2D eigenvalue weighted by Gasteiger charge is 2.64. The quantitative estimate of drug-likeness (QED) is 0.660. The Balaban J connectivity index is 1.58. The van der Waals surface area contributed by atoms with E-state index >= 15 is 0 Å². The van der Waals surface area contributed by atoms with Gasteiger partial charge in [0.1, 0.15) is 12.1 Å². The molecule has 4 heterocycles. The first-order valence-electron chi connectivity index (χ1n) is 9.40.